The van der Waals surface area contributed by atoms with Gasteiger partial charge in [-0.1, -0.05) is 12.8 Å². The van der Waals surface area contributed by atoms with Crippen molar-refractivity contribution in [2.75, 3.05) is 0 Å². The largest absolute Gasteiger partial charge is 0.390 e. The topological polar surface area (TPSA) is 38.0 Å². The molecular weight excluding hydrogens is 176 g/mol. The highest BCUT2D eigenvalue weighted by atomic mass is 16.3. The van der Waals surface area contributed by atoms with Crippen LogP contribution in [0.4, 0.5) is 0 Å². The van der Waals surface area contributed by atoms with Crippen molar-refractivity contribution in [1.82, 2.24) is 9.55 Å². The fraction of sp³-hybridized carbons (Fsp3) is 0.727. The van der Waals surface area contributed by atoms with E-state index in [9.17, 15) is 5.11 Å². The molecule has 0 saturated heterocycles. The van der Waals surface area contributed by atoms with E-state index >= 15 is 0 Å². The van der Waals surface area contributed by atoms with E-state index in [0.717, 1.165) is 31.5 Å². The Morgan fingerprint density at radius 2 is 2.21 bits per heavy atom. The predicted octanol–water partition coefficient (Wildman–Crippen LogP) is 1.66. The first-order valence-corrected chi connectivity index (χ1v) is 5.38. The Morgan fingerprint density at radius 1 is 1.50 bits per heavy atom. The van der Waals surface area contributed by atoms with Gasteiger partial charge in [0.1, 0.15) is 5.82 Å². The van der Waals surface area contributed by atoms with Crippen LogP contribution in [0.5, 0.6) is 0 Å². The summed E-state index contributed by atoms with van der Waals surface area (Å²) >= 11 is 0. The molecule has 3 nitrogen and oxygen atoms in total. The molecule has 1 heterocycles. The number of aromatic nitrogens is 2. The zero-order valence-electron chi connectivity index (χ0n) is 8.74. The summed E-state index contributed by atoms with van der Waals surface area (Å²) < 4.78 is 2.03. The smallest absolute Gasteiger partial charge is 0.108 e. The van der Waals surface area contributed by atoms with Gasteiger partial charge < -0.3 is 9.67 Å². The number of rotatable bonds is 3. The molecule has 1 aromatic heterocycles. The second kappa shape index (κ2) is 3.73. The van der Waals surface area contributed by atoms with Crippen molar-refractivity contribution in [3.8, 4) is 0 Å². The van der Waals surface area contributed by atoms with E-state index in [1.807, 2.05) is 24.0 Å². The molecule has 0 amide bonds. The van der Waals surface area contributed by atoms with Crippen molar-refractivity contribution < 1.29 is 5.11 Å². The van der Waals surface area contributed by atoms with E-state index in [1.54, 1.807) is 0 Å². The van der Waals surface area contributed by atoms with Gasteiger partial charge in [-0.05, 0) is 19.3 Å². The van der Waals surface area contributed by atoms with Gasteiger partial charge in [0.25, 0.3) is 0 Å². The van der Waals surface area contributed by atoms with Crippen LogP contribution in [0, 0.1) is 0 Å². The molecule has 0 radical (unpaired) electrons. The van der Waals surface area contributed by atoms with Gasteiger partial charge in [-0.3, -0.25) is 0 Å². The van der Waals surface area contributed by atoms with Gasteiger partial charge in [0.15, 0.2) is 0 Å². The van der Waals surface area contributed by atoms with Crippen LogP contribution < -0.4 is 0 Å². The first-order chi connectivity index (χ1) is 6.70. The second-order valence-electron chi connectivity index (χ2n) is 4.39. The minimum Gasteiger partial charge on any atom is -0.390 e. The quantitative estimate of drug-likeness (QED) is 0.794. The van der Waals surface area contributed by atoms with Crippen molar-refractivity contribution in [2.45, 2.75) is 44.1 Å². The molecule has 1 aliphatic rings. The van der Waals surface area contributed by atoms with Crippen molar-refractivity contribution in [3.63, 3.8) is 0 Å². The van der Waals surface area contributed by atoms with Gasteiger partial charge >= 0.3 is 0 Å². The molecule has 0 aliphatic heterocycles. The van der Waals surface area contributed by atoms with Gasteiger partial charge in [0.2, 0.25) is 0 Å². The Labute approximate surface area is 84.8 Å². The number of imidazole rings is 1. The first kappa shape index (κ1) is 9.71. The summed E-state index contributed by atoms with van der Waals surface area (Å²) in [5, 5.41) is 10.1. The second-order valence-corrected chi connectivity index (χ2v) is 4.39. The van der Waals surface area contributed by atoms with E-state index < -0.39 is 5.60 Å². The summed E-state index contributed by atoms with van der Waals surface area (Å²) in [6.07, 6.45) is 9.81. The summed E-state index contributed by atoms with van der Waals surface area (Å²) in [5.41, 5.74) is -0.397. The van der Waals surface area contributed by atoms with Crippen LogP contribution in [-0.4, -0.2) is 20.3 Å². The van der Waals surface area contributed by atoms with Crippen molar-refractivity contribution in [2.24, 2.45) is 7.05 Å². The Hall–Kier alpha value is -0.830. The lowest BCUT2D eigenvalue weighted by atomic mass is 9.96. The number of nitrogens with zero attached hydrogens (tertiary/aromatic N) is 2. The lowest BCUT2D eigenvalue weighted by Gasteiger charge is -2.21. The van der Waals surface area contributed by atoms with Crippen LogP contribution in [-0.2, 0) is 13.5 Å². The number of aliphatic hydroxyl groups is 1. The lowest BCUT2D eigenvalue weighted by Crippen LogP contribution is -2.25. The molecule has 1 saturated carbocycles. The van der Waals surface area contributed by atoms with Crippen LogP contribution in [0.25, 0.3) is 0 Å². The third kappa shape index (κ3) is 1.98. The summed E-state index contributed by atoms with van der Waals surface area (Å²) in [5.74, 6) is 1.07. The van der Waals surface area contributed by atoms with E-state index in [0.29, 0.717) is 0 Å². The third-order valence-corrected chi connectivity index (χ3v) is 3.27. The van der Waals surface area contributed by atoms with E-state index in [2.05, 4.69) is 4.98 Å². The molecule has 78 valence electrons. The maximum absolute atomic E-state index is 10.1. The molecule has 1 fully saturated rings. The fourth-order valence-corrected chi connectivity index (χ4v) is 2.26. The average molecular weight is 194 g/mol. The highest BCUT2D eigenvalue weighted by Gasteiger charge is 2.30. The average Bonchev–Trinajstić information content (AvgIpc) is 2.73. The molecular formula is C11H18N2O. The standard InChI is InChI=1S/C11H18N2O/c1-13-9-8-12-10(13)4-7-11(14)5-2-3-6-11/h8-9,14H,2-7H2,1H3. The minimum absolute atomic E-state index is 0.397. The normalized spacial score (nSPS) is 20.1. The van der Waals surface area contributed by atoms with Crippen LogP contribution in [0.2, 0.25) is 0 Å². The summed E-state index contributed by atoms with van der Waals surface area (Å²) in [6.45, 7) is 0. The molecule has 1 N–H and O–H groups in total. The lowest BCUT2D eigenvalue weighted by molar-refractivity contribution is 0.0385. The summed E-state index contributed by atoms with van der Waals surface area (Å²) in [6, 6.07) is 0. The molecule has 0 aromatic carbocycles. The summed E-state index contributed by atoms with van der Waals surface area (Å²) in [7, 11) is 2.00. The molecule has 0 bridgehead atoms. The molecule has 0 atom stereocenters. The zero-order valence-corrected chi connectivity index (χ0v) is 8.74. The predicted molar refractivity (Wildman–Crippen MR) is 54.9 cm³/mol. The van der Waals surface area contributed by atoms with Gasteiger partial charge in [0, 0.05) is 25.9 Å². The zero-order chi connectivity index (χ0) is 10.0. The maximum atomic E-state index is 10.1. The fourth-order valence-electron chi connectivity index (χ4n) is 2.26. The molecule has 1 aliphatic carbocycles. The van der Waals surface area contributed by atoms with E-state index in [1.165, 1.54) is 12.8 Å². The third-order valence-electron chi connectivity index (χ3n) is 3.27. The minimum atomic E-state index is -0.397. The summed E-state index contributed by atoms with van der Waals surface area (Å²) in [4.78, 5) is 4.26. The van der Waals surface area contributed by atoms with Crippen molar-refractivity contribution in [3.05, 3.63) is 18.2 Å². The molecule has 0 unspecified atom stereocenters. The van der Waals surface area contributed by atoms with Crippen molar-refractivity contribution >= 4 is 0 Å². The van der Waals surface area contributed by atoms with Crippen molar-refractivity contribution in [1.29, 1.82) is 0 Å². The van der Waals surface area contributed by atoms with E-state index in [4.69, 9.17) is 0 Å². The van der Waals surface area contributed by atoms with Gasteiger partial charge in [-0.25, -0.2) is 4.98 Å². The molecule has 0 spiro atoms. The Kier molecular flexibility index (Phi) is 2.59. The van der Waals surface area contributed by atoms with Gasteiger partial charge in [0.05, 0.1) is 5.60 Å². The van der Waals surface area contributed by atoms with Gasteiger partial charge in [-0.2, -0.15) is 0 Å². The van der Waals surface area contributed by atoms with Crippen LogP contribution in [0.15, 0.2) is 12.4 Å². The Morgan fingerprint density at radius 3 is 2.79 bits per heavy atom. The molecule has 1 aromatic rings. The highest BCUT2D eigenvalue weighted by Crippen LogP contribution is 2.32. The Balaban J connectivity index is 1.91. The molecule has 2 rings (SSSR count). The molecule has 3 heteroatoms. The number of hydrogen-bond acceptors (Lipinski definition) is 2. The van der Waals surface area contributed by atoms with Gasteiger partial charge in [-0.15, -0.1) is 0 Å². The SMILES string of the molecule is Cn1ccnc1CCC1(O)CCCC1. The molecule has 14 heavy (non-hydrogen) atoms. The van der Waals surface area contributed by atoms with Crippen LogP contribution in [0.1, 0.15) is 37.9 Å². The maximum Gasteiger partial charge on any atom is 0.108 e. The monoisotopic (exact) mass is 194 g/mol. The number of aryl methyl sites for hydroxylation is 2. The van der Waals surface area contributed by atoms with Crippen LogP contribution in [0.3, 0.4) is 0 Å². The highest BCUT2D eigenvalue weighted by molar-refractivity contribution is 4.94. The van der Waals surface area contributed by atoms with E-state index in [-0.39, 0.29) is 0 Å². The number of hydrogen-bond donors (Lipinski definition) is 1. The van der Waals surface area contributed by atoms with Crippen LogP contribution >= 0.6 is 0 Å². The Bertz CT molecular complexity index is 300. The first-order valence-electron chi connectivity index (χ1n) is 5.38.